The number of thiazole rings is 1. The van der Waals surface area contributed by atoms with Gasteiger partial charge in [0.2, 0.25) is 5.91 Å². The molecule has 0 bridgehead atoms. The third-order valence-electron chi connectivity index (χ3n) is 3.15. The molecule has 0 aliphatic rings. The van der Waals surface area contributed by atoms with Crippen LogP contribution in [0.1, 0.15) is 10.6 Å². The standard InChI is InChI=1S/C17H13FN2OS/c1-11-6-7-12(18)10-14(11)19-16(21)8-9-17-20-13-4-2-3-5-15(13)22-17/h2-10H,1H3,(H,19,21)/b9-8+. The highest BCUT2D eigenvalue weighted by Gasteiger charge is 2.04. The Kier molecular flexibility index (Phi) is 3.98. The largest absolute Gasteiger partial charge is 0.322 e. The third kappa shape index (κ3) is 3.20. The molecule has 0 fully saturated rings. The molecule has 0 spiro atoms. The molecule has 0 saturated carbocycles. The maximum atomic E-state index is 13.2. The molecule has 5 heteroatoms. The van der Waals surface area contributed by atoms with Crippen molar-refractivity contribution in [2.75, 3.05) is 5.32 Å². The topological polar surface area (TPSA) is 42.0 Å². The molecule has 0 atom stereocenters. The minimum Gasteiger partial charge on any atom is -0.322 e. The number of hydrogen-bond donors (Lipinski definition) is 1. The van der Waals surface area contributed by atoms with Crippen molar-refractivity contribution in [2.24, 2.45) is 0 Å². The van der Waals surface area contributed by atoms with Crippen LogP contribution in [0.4, 0.5) is 10.1 Å². The monoisotopic (exact) mass is 312 g/mol. The summed E-state index contributed by atoms with van der Waals surface area (Å²) < 4.78 is 14.3. The number of aryl methyl sites for hydroxylation is 1. The number of anilines is 1. The highest BCUT2D eigenvalue weighted by Crippen LogP contribution is 2.22. The van der Waals surface area contributed by atoms with Gasteiger partial charge < -0.3 is 5.32 Å². The molecule has 22 heavy (non-hydrogen) atoms. The lowest BCUT2D eigenvalue weighted by Crippen LogP contribution is -2.09. The fraction of sp³-hybridized carbons (Fsp3) is 0.0588. The number of benzene rings is 2. The smallest absolute Gasteiger partial charge is 0.248 e. The van der Waals surface area contributed by atoms with Gasteiger partial charge in [-0.25, -0.2) is 9.37 Å². The van der Waals surface area contributed by atoms with E-state index in [1.807, 2.05) is 31.2 Å². The molecule has 0 aliphatic carbocycles. The van der Waals surface area contributed by atoms with Crippen LogP contribution in [0.2, 0.25) is 0 Å². The van der Waals surface area contributed by atoms with E-state index in [0.29, 0.717) is 5.69 Å². The van der Waals surface area contributed by atoms with Crippen molar-refractivity contribution in [3.63, 3.8) is 0 Å². The van der Waals surface area contributed by atoms with Crippen molar-refractivity contribution in [3.8, 4) is 0 Å². The number of carbonyl (C=O) groups is 1. The van der Waals surface area contributed by atoms with E-state index in [1.165, 1.54) is 29.5 Å². The van der Waals surface area contributed by atoms with Crippen LogP contribution >= 0.6 is 11.3 Å². The molecular weight excluding hydrogens is 299 g/mol. The molecule has 1 N–H and O–H groups in total. The lowest BCUT2D eigenvalue weighted by atomic mass is 10.2. The van der Waals surface area contributed by atoms with E-state index in [9.17, 15) is 9.18 Å². The van der Waals surface area contributed by atoms with Crippen molar-refractivity contribution in [1.29, 1.82) is 0 Å². The SMILES string of the molecule is Cc1ccc(F)cc1NC(=O)/C=C/c1nc2ccccc2s1. The minimum absolute atomic E-state index is 0.312. The molecule has 1 amide bonds. The number of fused-ring (bicyclic) bond motifs is 1. The first-order valence-corrected chi connectivity index (χ1v) is 7.54. The highest BCUT2D eigenvalue weighted by molar-refractivity contribution is 7.19. The molecule has 0 radical (unpaired) electrons. The fourth-order valence-corrected chi connectivity index (χ4v) is 2.88. The van der Waals surface area contributed by atoms with Gasteiger partial charge in [0.05, 0.1) is 10.2 Å². The number of rotatable bonds is 3. The van der Waals surface area contributed by atoms with E-state index in [1.54, 1.807) is 12.1 Å². The summed E-state index contributed by atoms with van der Waals surface area (Å²) in [5, 5.41) is 3.42. The molecule has 3 aromatic rings. The van der Waals surface area contributed by atoms with Gasteiger partial charge >= 0.3 is 0 Å². The number of halogens is 1. The Morgan fingerprint density at radius 3 is 2.91 bits per heavy atom. The summed E-state index contributed by atoms with van der Waals surface area (Å²) >= 11 is 1.51. The average Bonchev–Trinajstić information content (AvgIpc) is 2.92. The lowest BCUT2D eigenvalue weighted by Gasteiger charge is -2.05. The van der Waals surface area contributed by atoms with Crippen molar-refractivity contribution in [3.05, 3.63) is 64.9 Å². The number of nitrogens with zero attached hydrogens (tertiary/aromatic N) is 1. The Morgan fingerprint density at radius 1 is 1.27 bits per heavy atom. The zero-order chi connectivity index (χ0) is 15.5. The van der Waals surface area contributed by atoms with Crippen LogP contribution in [0.5, 0.6) is 0 Å². The molecular formula is C17H13FN2OS. The Bertz CT molecular complexity index is 837. The molecule has 1 heterocycles. The molecule has 110 valence electrons. The zero-order valence-electron chi connectivity index (χ0n) is 11.8. The summed E-state index contributed by atoms with van der Waals surface area (Å²) in [6.07, 6.45) is 3.07. The van der Waals surface area contributed by atoms with Crippen molar-refractivity contribution < 1.29 is 9.18 Å². The van der Waals surface area contributed by atoms with Gasteiger partial charge in [0, 0.05) is 11.8 Å². The van der Waals surface area contributed by atoms with Crippen LogP contribution in [-0.2, 0) is 4.79 Å². The van der Waals surface area contributed by atoms with Gasteiger partial charge in [0.15, 0.2) is 0 Å². The Balaban J connectivity index is 1.74. The van der Waals surface area contributed by atoms with E-state index in [2.05, 4.69) is 10.3 Å². The van der Waals surface area contributed by atoms with E-state index >= 15 is 0 Å². The summed E-state index contributed by atoms with van der Waals surface area (Å²) in [4.78, 5) is 16.3. The van der Waals surface area contributed by atoms with Crippen LogP contribution in [0.3, 0.4) is 0 Å². The van der Waals surface area contributed by atoms with Crippen LogP contribution in [0.15, 0.2) is 48.5 Å². The summed E-state index contributed by atoms with van der Waals surface area (Å²) in [5.41, 5.74) is 2.19. The summed E-state index contributed by atoms with van der Waals surface area (Å²) in [6, 6.07) is 12.1. The number of para-hydroxylation sites is 1. The molecule has 3 rings (SSSR count). The molecule has 0 saturated heterocycles. The van der Waals surface area contributed by atoms with Crippen molar-refractivity contribution in [2.45, 2.75) is 6.92 Å². The van der Waals surface area contributed by atoms with Crippen LogP contribution in [0, 0.1) is 12.7 Å². The second-order valence-electron chi connectivity index (χ2n) is 4.80. The lowest BCUT2D eigenvalue weighted by molar-refractivity contribution is -0.111. The number of carbonyl (C=O) groups excluding carboxylic acids is 1. The number of nitrogens with one attached hydrogen (secondary N) is 1. The minimum atomic E-state index is -0.379. The number of amides is 1. The third-order valence-corrected chi connectivity index (χ3v) is 4.15. The van der Waals surface area contributed by atoms with Gasteiger partial charge in [-0.2, -0.15) is 0 Å². The zero-order valence-corrected chi connectivity index (χ0v) is 12.7. The maximum absolute atomic E-state index is 13.2. The summed E-state index contributed by atoms with van der Waals surface area (Å²) in [5.74, 6) is -0.691. The van der Waals surface area contributed by atoms with Gasteiger partial charge in [-0.05, 0) is 42.8 Å². The Hall–Kier alpha value is -2.53. The second-order valence-corrected chi connectivity index (χ2v) is 5.86. The van der Waals surface area contributed by atoms with E-state index in [-0.39, 0.29) is 11.7 Å². The first kappa shape index (κ1) is 14.4. The van der Waals surface area contributed by atoms with Gasteiger partial charge in [-0.3, -0.25) is 4.79 Å². The van der Waals surface area contributed by atoms with Crippen molar-refractivity contribution >= 4 is 39.2 Å². The van der Waals surface area contributed by atoms with Gasteiger partial charge in [0.25, 0.3) is 0 Å². The average molecular weight is 312 g/mol. The predicted octanol–water partition coefficient (Wildman–Crippen LogP) is 4.40. The van der Waals surface area contributed by atoms with Crippen LogP contribution < -0.4 is 5.32 Å². The van der Waals surface area contributed by atoms with Gasteiger partial charge in [-0.1, -0.05) is 18.2 Å². The van der Waals surface area contributed by atoms with Crippen LogP contribution in [-0.4, -0.2) is 10.9 Å². The molecule has 0 unspecified atom stereocenters. The number of aromatic nitrogens is 1. The van der Waals surface area contributed by atoms with Crippen molar-refractivity contribution in [1.82, 2.24) is 4.98 Å². The van der Waals surface area contributed by atoms with E-state index in [4.69, 9.17) is 0 Å². The van der Waals surface area contributed by atoms with Gasteiger partial charge in [-0.15, -0.1) is 11.3 Å². The fourth-order valence-electron chi connectivity index (χ4n) is 2.01. The second kappa shape index (κ2) is 6.07. The maximum Gasteiger partial charge on any atom is 0.248 e. The predicted molar refractivity (Wildman–Crippen MR) is 88.4 cm³/mol. The quantitative estimate of drug-likeness (QED) is 0.729. The normalized spacial score (nSPS) is 11.2. The highest BCUT2D eigenvalue weighted by atomic mass is 32.1. The first-order valence-electron chi connectivity index (χ1n) is 6.72. The number of hydrogen-bond acceptors (Lipinski definition) is 3. The molecule has 2 aromatic carbocycles. The first-order chi connectivity index (χ1) is 10.6. The Labute approximate surface area is 131 Å². The van der Waals surface area contributed by atoms with Gasteiger partial charge in [0.1, 0.15) is 10.8 Å². The van der Waals surface area contributed by atoms with E-state index < -0.39 is 0 Å². The van der Waals surface area contributed by atoms with E-state index in [0.717, 1.165) is 20.8 Å². The molecule has 1 aromatic heterocycles. The summed E-state index contributed by atoms with van der Waals surface area (Å²) in [7, 11) is 0. The molecule has 3 nitrogen and oxygen atoms in total. The molecule has 0 aliphatic heterocycles. The Morgan fingerprint density at radius 2 is 2.09 bits per heavy atom. The summed E-state index contributed by atoms with van der Waals surface area (Å²) in [6.45, 7) is 1.81. The van der Waals surface area contributed by atoms with Crippen LogP contribution in [0.25, 0.3) is 16.3 Å².